The van der Waals surface area contributed by atoms with Crippen LogP contribution in [0.2, 0.25) is 0 Å². The molecule has 0 saturated heterocycles. The van der Waals surface area contributed by atoms with Crippen LogP contribution in [-0.4, -0.2) is 14.3 Å². The van der Waals surface area contributed by atoms with Crippen molar-refractivity contribution in [3.63, 3.8) is 0 Å². The Kier molecular flexibility index (Phi) is 5.24. The van der Waals surface area contributed by atoms with Crippen LogP contribution in [0.25, 0.3) is 0 Å². The standard InChI is InChI=1S/C16H21N5O3/c1-5-10(6-2)13-7-11(24-19-13)9-18-14-12(8-17)15(22)21(4)16(23)20(14)3/h7,10,18H,5-6,9H2,1-4H3. The Hall–Kier alpha value is -2.82. The van der Waals surface area contributed by atoms with E-state index in [-0.39, 0.29) is 17.9 Å². The van der Waals surface area contributed by atoms with Crippen LogP contribution in [0.5, 0.6) is 0 Å². The molecule has 0 aliphatic carbocycles. The molecule has 0 atom stereocenters. The van der Waals surface area contributed by atoms with Gasteiger partial charge < -0.3 is 9.84 Å². The second-order valence-electron chi connectivity index (χ2n) is 5.63. The van der Waals surface area contributed by atoms with Crippen molar-refractivity contribution in [3.05, 3.63) is 43.9 Å². The molecular weight excluding hydrogens is 310 g/mol. The molecule has 0 unspecified atom stereocenters. The van der Waals surface area contributed by atoms with Crippen molar-refractivity contribution in [3.8, 4) is 6.07 Å². The van der Waals surface area contributed by atoms with E-state index in [0.717, 1.165) is 23.1 Å². The van der Waals surface area contributed by atoms with E-state index < -0.39 is 11.2 Å². The van der Waals surface area contributed by atoms with Gasteiger partial charge in [0.15, 0.2) is 11.3 Å². The normalized spacial score (nSPS) is 10.8. The summed E-state index contributed by atoms with van der Waals surface area (Å²) < 4.78 is 7.44. The van der Waals surface area contributed by atoms with Crippen LogP contribution in [0.3, 0.4) is 0 Å². The first kappa shape index (κ1) is 17.5. The number of rotatable bonds is 6. The molecule has 0 amide bonds. The lowest BCUT2D eigenvalue weighted by Crippen LogP contribution is -2.39. The Morgan fingerprint density at radius 3 is 2.54 bits per heavy atom. The van der Waals surface area contributed by atoms with E-state index in [1.807, 2.05) is 12.1 Å². The maximum atomic E-state index is 12.0. The summed E-state index contributed by atoms with van der Waals surface area (Å²) in [7, 11) is 2.84. The summed E-state index contributed by atoms with van der Waals surface area (Å²) in [5.74, 6) is 1.09. The Balaban J connectivity index is 2.29. The minimum absolute atomic E-state index is 0.112. The zero-order valence-electron chi connectivity index (χ0n) is 14.3. The molecule has 0 spiro atoms. The van der Waals surface area contributed by atoms with Crippen molar-refractivity contribution in [2.24, 2.45) is 14.1 Å². The molecule has 8 nitrogen and oxygen atoms in total. The van der Waals surface area contributed by atoms with Gasteiger partial charge in [-0.15, -0.1) is 0 Å². The average Bonchev–Trinajstić information content (AvgIpc) is 3.05. The van der Waals surface area contributed by atoms with Crippen LogP contribution in [0.4, 0.5) is 5.82 Å². The molecule has 8 heteroatoms. The number of aromatic nitrogens is 3. The van der Waals surface area contributed by atoms with Gasteiger partial charge in [0.05, 0.1) is 12.2 Å². The molecule has 128 valence electrons. The van der Waals surface area contributed by atoms with Crippen molar-refractivity contribution < 1.29 is 4.52 Å². The summed E-state index contributed by atoms with van der Waals surface area (Å²) in [5, 5.41) is 16.2. The molecule has 2 heterocycles. The maximum absolute atomic E-state index is 12.0. The van der Waals surface area contributed by atoms with Crippen molar-refractivity contribution >= 4 is 5.82 Å². The highest BCUT2D eigenvalue weighted by Gasteiger charge is 2.17. The maximum Gasteiger partial charge on any atom is 0.332 e. The Labute approximate surface area is 139 Å². The fraction of sp³-hybridized carbons (Fsp3) is 0.500. The second kappa shape index (κ2) is 7.17. The zero-order chi connectivity index (χ0) is 17.9. The van der Waals surface area contributed by atoms with E-state index in [1.54, 1.807) is 0 Å². The largest absolute Gasteiger partial charge is 0.363 e. The Morgan fingerprint density at radius 1 is 1.29 bits per heavy atom. The third kappa shape index (κ3) is 3.11. The number of anilines is 1. The van der Waals surface area contributed by atoms with Gasteiger partial charge in [-0.2, -0.15) is 5.26 Å². The van der Waals surface area contributed by atoms with Crippen LogP contribution >= 0.6 is 0 Å². The Morgan fingerprint density at radius 2 is 1.96 bits per heavy atom. The lowest BCUT2D eigenvalue weighted by atomic mass is 9.99. The lowest BCUT2D eigenvalue weighted by Gasteiger charge is -2.12. The number of nitrogens with one attached hydrogen (secondary N) is 1. The summed E-state index contributed by atoms with van der Waals surface area (Å²) in [4.78, 5) is 24.0. The highest BCUT2D eigenvalue weighted by molar-refractivity contribution is 5.51. The van der Waals surface area contributed by atoms with Crippen molar-refractivity contribution in [1.29, 1.82) is 5.26 Å². The molecule has 2 rings (SSSR count). The summed E-state index contributed by atoms with van der Waals surface area (Å²) in [6.45, 7) is 4.41. The molecule has 0 aromatic carbocycles. The first-order valence-corrected chi connectivity index (χ1v) is 7.83. The first-order chi connectivity index (χ1) is 11.4. The van der Waals surface area contributed by atoms with Crippen LogP contribution in [0, 0.1) is 11.3 Å². The predicted molar refractivity (Wildman–Crippen MR) is 88.8 cm³/mol. The predicted octanol–water partition coefficient (Wildman–Crippen LogP) is 1.46. The van der Waals surface area contributed by atoms with Crippen molar-refractivity contribution in [2.75, 3.05) is 5.32 Å². The molecule has 0 radical (unpaired) electrons. The monoisotopic (exact) mass is 331 g/mol. The third-order valence-corrected chi connectivity index (χ3v) is 4.19. The quantitative estimate of drug-likeness (QED) is 0.859. The molecule has 2 aromatic heterocycles. The minimum atomic E-state index is -0.626. The molecule has 0 bridgehead atoms. The van der Waals surface area contributed by atoms with E-state index in [0.29, 0.717) is 11.7 Å². The van der Waals surface area contributed by atoms with E-state index >= 15 is 0 Å². The van der Waals surface area contributed by atoms with Crippen LogP contribution in [-0.2, 0) is 20.6 Å². The van der Waals surface area contributed by atoms with Gasteiger partial charge in [-0.1, -0.05) is 19.0 Å². The van der Waals surface area contributed by atoms with E-state index in [2.05, 4.69) is 24.3 Å². The number of hydrogen-bond acceptors (Lipinski definition) is 6. The van der Waals surface area contributed by atoms with Gasteiger partial charge in [-0.3, -0.25) is 13.9 Å². The molecule has 0 fully saturated rings. The van der Waals surface area contributed by atoms with Gasteiger partial charge in [0.2, 0.25) is 0 Å². The van der Waals surface area contributed by atoms with Crippen molar-refractivity contribution in [2.45, 2.75) is 39.2 Å². The van der Waals surface area contributed by atoms with E-state index in [4.69, 9.17) is 4.52 Å². The zero-order valence-corrected chi connectivity index (χ0v) is 14.3. The van der Waals surface area contributed by atoms with Gasteiger partial charge in [0.25, 0.3) is 5.56 Å². The molecule has 0 aliphatic heterocycles. The highest BCUT2D eigenvalue weighted by Crippen LogP contribution is 2.22. The molecule has 1 N–H and O–H groups in total. The minimum Gasteiger partial charge on any atom is -0.363 e. The van der Waals surface area contributed by atoms with Gasteiger partial charge in [-0.05, 0) is 12.8 Å². The topological polar surface area (TPSA) is 106 Å². The third-order valence-electron chi connectivity index (χ3n) is 4.19. The second-order valence-corrected chi connectivity index (χ2v) is 5.63. The smallest absolute Gasteiger partial charge is 0.332 e. The molecule has 2 aromatic rings. The number of nitrogens with zero attached hydrogens (tertiary/aromatic N) is 4. The summed E-state index contributed by atoms with van der Waals surface area (Å²) >= 11 is 0. The number of hydrogen-bond donors (Lipinski definition) is 1. The molecule has 0 aliphatic rings. The highest BCUT2D eigenvalue weighted by atomic mass is 16.5. The van der Waals surface area contributed by atoms with Crippen LogP contribution < -0.4 is 16.6 Å². The Bertz CT molecular complexity index is 881. The van der Waals surface area contributed by atoms with Gasteiger partial charge in [0, 0.05) is 26.1 Å². The van der Waals surface area contributed by atoms with Gasteiger partial charge >= 0.3 is 5.69 Å². The van der Waals surface area contributed by atoms with Gasteiger partial charge in [-0.25, -0.2) is 4.79 Å². The number of nitriles is 1. The SMILES string of the molecule is CCC(CC)c1cc(CNc2c(C#N)c(=O)n(C)c(=O)n2C)on1. The summed E-state index contributed by atoms with van der Waals surface area (Å²) in [6, 6.07) is 3.71. The summed E-state index contributed by atoms with van der Waals surface area (Å²) in [6.07, 6.45) is 1.94. The van der Waals surface area contributed by atoms with Gasteiger partial charge in [0.1, 0.15) is 11.9 Å². The van der Waals surface area contributed by atoms with E-state index in [1.165, 1.54) is 18.7 Å². The fourth-order valence-electron chi connectivity index (χ4n) is 2.63. The fourth-order valence-corrected chi connectivity index (χ4v) is 2.63. The van der Waals surface area contributed by atoms with Crippen LogP contribution in [0.1, 0.15) is 49.6 Å². The van der Waals surface area contributed by atoms with E-state index in [9.17, 15) is 14.9 Å². The van der Waals surface area contributed by atoms with Crippen molar-refractivity contribution in [1.82, 2.24) is 14.3 Å². The summed E-state index contributed by atoms with van der Waals surface area (Å²) in [5.41, 5.74) is -0.357. The molecule has 24 heavy (non-hydrogen) atoms. The lowest BCUT2D eigenvalue weighted by molar-refractivity contribution is 0.374. The average molecular weight is 331 g/mol. The first-order valence-electron chi connectivity index (χ1n) is 7.83. The van der Waals surface area contributed by atoms with Crippen LogP contribution in [0.15, 0.2) is 20.2 Å². The molecular formula is C16H21N5O3. The molecule has 0 saturated carbocycles.